The second kappa shape index (κ2) is 6.09. The smallest absolute Gasteiger partial charge is 0.157 e. The largest absolute Gasteiger partial charge is 0.374 e. The third-order valence-corrected chi connectivity index (χ3v) is 4.06. The first-order chi connectivity index (χ1) is 10.6. The average Bonchev–Trinajstić information content (AvgIpc) is 2.56. The van der Waals surface area contributed by atoms with Gasteiger partial charge in [-0.05, 0) is 47.5 Å². The highest BCUT2D eigenvalue weighted by molar-refractivity contribution is 6.30. The van der Waals surface area contributed by atoms with E-state index in [9.17, 15) is 5.11 Å². The summed E-state index contributed by atoms with van der Waals surface area (Å²) in [6.07, 6.45) is 1.66. The topological polar surface area (TPSA) is 33.1 Å². The maximum Gasteiger partial charge on any atom is 0.157 e. The normalized spacial score (nSPS) is 11.4. The molecule has 0 atom stereocenters. The molecule has 1 N–H and O–H groups in total. The van der Waals surface area contributed by atoms with Crippen LogP contribution in [0.25, 0.3) is 0 Å². The van der Waals surface area contributed by atoms with Crippen LogP contribution >= 0.6 is 23.2 Å². The number of benzene rings is 2. The van der Waals surface area contributed by atoms with Crippen molar-refractivity contribution in [2.24, 2.45) is 0 Å². The summed E-state index contributed by atoms with van der Waals surface area (Å²) >= 11 is 11.9. The highest BCUT2D eigenvalue weighted by atomic mass is 35.5. The first kappa shape index (κ1) is 15.0. The predicted octanol–water partition coefficient (Wildman–Crippen LogP) is 4.67. The van der Waals surface area contributed by atoms with Gasteiger partial charge in [0.15, 0.2) is 5.60 Å². The van der Waals surface area contributed by atoms with E-state index in [1.807, 2.05) is 12.1 Å². The summed E-state index contributed by atoms with van der Waals surface area (Å²) in [4.78, 5) is 4.33. The van der Waals surface area contributed by atoms with Crippen LogP contribution in [0.4, 0.5) is 0 Å². The molecule has 1 aromatic heterocycles. The molecule has 3 aromatic rings. The minimum Gasteiger partial charge on any atom is -0.374 e. The van der Waals surface area contributed by atoms with Crippen LogP contribution in [0.2, 0.25) is 10.0 Å². The predicted molar refractivity (Wildman–Crippen MR) is 89.2 cm³/mol. The molecular weight excluding hydrogens is 317 g/mol. The number of rotatable bonds is 3. The van der Waals surface area contributed by atoms with E-state index in [0.717, 1.165) is 0 Å². The van der Waals surface area contributed by atoms with Crippen LogP contribution < -0.4 is 0 Å². The van der Waals surface area contributed by atoms with Crippen molar-refractivity contribution in [3.63, 3.8) is 0 Å². The number of halogens is 2. The Balaban J connectivity index is 2.22. The maximum absolute atomic E-state index is 11.5. The SMILES string of the molecule is OC(c1ccc(Cl)cc1)(c1ccc(Cl)cc1)c1ccccn1. The van der Waals surface area contributed by atoms with Crippen molar-refractivity contribution >= 4 is 23.2 Å². The van der Waals surface area contributed by atoms with Crippen LogP contribution in [0.1, 0.15) is 16.8 Å². The van der Waals surface area contributed by atoms with Crippen molar-refractivity contribution in [1.29, 1.82) is 0 Å². The highest BCUT2D eigenvalue weighted by Gasteiger charge is 2.35. The molecule has 2 nitrogen and oxygen atoms in total. The number of pyridine rings is 1. The van der Waals surface area contributed by atoms with Gasteiger partial charge in [-0.25, -0.2) is 0 Å². The zero-order valence-corrected chi connectivity index (χ0v) is 13.1. The number of nitrogens with zero attached hydrogens (tertiary/aromatic N) is 1. The molecule has 0 fully saturated rings. The van der Waals surface area contributed by atoms with E-state index in [4.69, 9.17) is 23.2 Å². The van der Waals surface area contributed by atoms with Gasteiger partial charge in [-0.3, -0.25) is 4.98 Å². The lowest BCUT2D eigenvalue weighted by atomic mass is 9.83. The van der Waals surface area contributed by atoms with Gasteiger partial charge in [0.2, 0.25) is 0 Å². The molecule has 0 aliphatic heterocycles. The van der Waals surface area contributed by atoms with Crippen LogP contribution in [-0.4, -0.2) is 10.1 Å². The Morgan fingerprint density at radius 3 is 1.64 bits per heavy atom. The number of hydrogen-bond acceptors (Lipinski definition) is 2. The Morgan fingerprint density at radius 2 is 1.23 bits per heavy atom. The Kier molecular flexibility index (Phi) is 4.16. The summed E-state index contributed by atoms with van der Waals surface area (Å²) in [6, 6.07) is 19.6. The molecule has 22 heavy (non-hydrogen) atoms. The second-order valence-electron chi connectivity index (χ2n) is 4.94. The minimum atomic E-state index is -1.36. The Bertz CT molecular complexity index is 710. The van der Waals surface area contributed by atoms with Crippen molar-refractivity contribution in [2.75, 3.05) is 0 Å². The Hall–Kier alpha value is -1.87. The lowest BCUT2D eigenvalue weighted by Crippen LogP contribution is -2.29. The summed E-state index contributed by atoms with van der Waals surface area (Å²) < 4.78 is 0. The third-order valence-electron chi connectivity index (χ3n) is 3.56. The van der Waals surface area contributed by atoms with E-state index in [-0.39, 0.29) is 0 Å². The molecule has 1 heterocycles. The van der Waals surface area contributed by atoms with E-state index in [1.54, 1.807) is 60.8 Å². The molecule has 0 radical (unpaired) electrons. The Morgan fingerprint density at radius 1 is 0.727 bits per heavy atom. The molecule has 2 aromatic carbocycles. The summed E-state index contributed by atoms with van der Waals surface area (Å²) in [7, 11) is 0. The zero-order chi connectivity index (χ0) is 15.6. The van der Waals surface area contributed by atoms with Crippen LogP contribution in [0.15, 0.2) is 72.9 Å². The summed E-state index contributed by atoms with van der Waals surface area (Å²) in [5.74, 6) is 0. The van der Waals surface area contributed by atoms with Crippen molar-refractivity contribution in [1.82, 2.24) is 4.98 Å². The van der Waals surface area contributed by atoms with E-state index in [0.29, 0.717) is 26.9 Å². The van der Waals surface area contributed by atoms with Gasteiger partial charge in [0.05, 0.1) is 5.69 Å². The average molecular weight is 330 g/mol. The maximum atomic E-state index is 11.5. The van der Waals surface area contributed by atoms with Crippen LogP contribution in [0.5, 0.6) is 0 Å². The molecule has 3 rings (SSSR count). The Labute approximate surface area is 139 Å². The van der Waals surface area contributed by atoms with Crippen LogP contribution in [0.3, 0.4) is 0 Å². The van der Waals surface area contributed by atoms with Crippen LogP contribution in [-0.2, 0) is 5.60 Å². The standard InChI is InChI=1S/C18H13Cl2NO/c19-15-8-4-13(5-9-15)18(22,17-3-1-2-12-21-17)14-6-10-16(20)11-7-14/h1-12,22H. The zero-order valence-electron chi connectivity index (χ0n) is 11.6. The quantitative estimate of drug-likeness (QED) is 0.757. The molecule has 0 saturated carbocycles. The monoisotopic (exact) mass is 329 g/mol. The van der Waals surface area contributed by atoms with Gasteiger partial charge in [0.25, 0.3) is 0 Å². The molecule has 0 aliphatic carbocycles. The molecule has 0 spiro atoms. The van der Waals surface area contributed by atoms with Gasteiger partial charge >= 0.3 is 0 Å². The van der Waals surface area contributed by atoms with Crippen molar-refractivity contribution in [3.8, 4) is 0 Å². The molecule has 0 saturated heterocycles. The molecule has 110 valence electrons. The first-order valence-corrected chi connectivity index (χ1v) is 7.52. The molecule has 0 amide bonds. The molecule has 4 heteroatoms. The van der Waals surface area contributed by atoms with E-state index in [1.165, 1.54) is 0 Å². The van der Waals surface area contributed by atoms with Gasteiger partial charge < -0.3 is 5.11 Å². The fourth-order valence-corrected chi connectivity index (χ4v) is 2.67. The summed E-state index contributed by atoms with van der Waals surface area (Å²) in [5, 5.41) is 12.7. The van der Waals surface area contributed by atoms with Crippen LogP contribution in [0, 0.1) is 0 Å². The van der Waals surface area contributed by atoms with E-state index >= 15 is 0 Å². The van der Waals surface area contributed by atoms with Gasteiger partial charge in [0, 0.05) is 16.2 Å². The molecule has 0 aliphatic rings. The third kappa shape index (κ3) is 2.73. The van der Waals surface area contributed by atoms with Gasteiger partial charge in [-0.15, -0.1) is 0 Å². The van der Waals surface area contributed by atoms with Crippen molar-refractivity contribution in [3.05, 3.63) is 99.8 Å². The lowest BCUT2D eigenvalue weighted by Gasteiger charge is -2.29. The minimum absolute atomic E-state index is 0.541. The van der Waals surface area contributed by atoms with Gasteiger partial charge in [-0.1, -0.05) is 53.5 Å². The highest BCUT2D eigenvalue weighted by Crippen LogP contribution is 2.36. The van der Waals surface area contributed by atoms with Crippen molar-refractivity contribution in [2.45, 2.75) is 5.60 Å². The van der Waals surface area contributed by atoms with E-state index < -0.39 is 5.60 Å². The van der Waals surface area contributed by atoms with Gasteiger partial charge in [-0.2, -0.15) is 0 Å². The number of hydrogen-bond donors (Lipinski definition) is 1. The second-order valence-corrected chi connectivity index (χ2v) is 5.81. The van der Waals surface area contributed by atoms with E-state index in [2.05, 4.69) is 4.98 Å². The fraction of sp³-hybridized carbons (Fsp3) is 0.0556. The molecule has 0 bridgehead atoms. The van der Waals surface area contributed by atoms with Gasteiger partial charge in [0.1, 0.15) is 0 Å². The number of aliphatic hydroxyl groups is 1. The first-order valence-electron chi connectivity index (χ1n) is 6.76. The molecule has 0 unspecified atom stereocenters. The fourth-order valence-electron chi connectivity index (χ4n) is 2.42. The summed E-state index contributed by atoms with van der Waals surface area (Å²) in [5.41, 5.74) is 0.562. The molecular formula is C18H13Cl2NO. The summed E-state index contributed by atoms with van der Waals surface area (Å²) in [6.45, 7) is 0. The lowest BCUT2D eigenvalue weighted by molar-refractivity contribution is 0.121. The van der Waals surface area contributed by atoms with Crippen molar-refractivity contribution < 1.29 is 5.11 Å². The number of aromatic nitrogens is 1.